The summed E-state index contributed by atoms with van der Waals surface area (Å²) in [5.74, 6) is 1.17. The summed E-state index contributed by atoms with van der Waals surface area (Å²) in [6.45, 7) is 1.08. The summed E-state index contributed by atoms with van der Waals surface area (Å²) in [6, 6.07) is 0. The topological polar surface area (TPSA) is 104 Å². The molecular formula is C15H22N6O2S. The van der Waals surface area contributed by atoms with Crippen LogP contribution in [0.2, 0.25) is 0 Å². The van der Waals surface area contributed by atoms with E-state index in [1.807, 2.05) is 7.05 Å². The number of anilines is 1. The van der Waals surface area contributed by atoms with Crippen LogP contribution in [-0.2, 0) is 16.4 Å². The van der Waals surface area contributed by atoms with Gasteiger partial charge in [-0.1, -0.05) is 0 Å². The molecule has 2 aromatic heterocycles. The number of sulfonamides is 1. The molecule has 0 bridgehead atoms. The summed E-state index contributed by atoms with van der Waals surface area (Å²) >= 11 is 0. The highest BCUT2D eigenvalue weighted by atomic mass is 32.2. The van der Waals surface area contributed by atoms with Crippen LogP contribution in [0.15, 0.2) is 29.7 Å². The summed E-state index contributed by atoms with van der Waals surface area (Å²) in [5.41, 5.74) is 0.949. The molecule has 0 saturated carbocycles. The van der Waals surface area contributed by atoms with Crippen molar-refractivity contribution in [2.24, 2.45) is 5.92 Å². The SMILES string of the molecule is CNc1cnc(C[C@@H]2CCCN(S(=O)(=O)c3cn[nH]c3)CC2)cn1. The van der Waals surface area contributed by atoms with Crippen molar-refractivity contribution in [3.05, 3.63) is 30.5 Å². The summed E-state index contributed by atoms with van der Waals surface area (Å²) in [6.07, 6.45) is 9.80. The van der Waals surface area contributed by atoms with Gasteiger partial charge >= 0.3 is 0 Å². The predicted octanol–water partition coefficient (Wildman–Crippen LogP) is 1.27. The van der Waals surface area contributed by atoms with Crippen molar-refractivity contribution in [1.82, 2.24) is 24.5 Å². The maximum Gasteiger partial charge on any atom is 0.246 e. The number of H-pyrrole nitrogens is 1. The Morgan fingerprint density at radius 1 is 1.25 bits per heavy atom. The normalized spacial score (nSPS) is 19.8. The van der Waals surface area contributed by atoms with Crippen LogP contribution >= 0.6 is 0 Å². The lowest BCUT2D eigenvalue weighted by Crippen LogP contribution is -2.32. The van der Waals surface area contributed by atoms with Crippen LogP contribution < -0.4 is 5.32 Å². The molecule has 3 heterocycles. The van der Waals surface area contributed by atoms with Crippen LogP contribution in [-0.4, -0.2) is 53.0 Å². The Kier molecular flexibility index (Phi) is 5.10. The standard InChI is InChI=1S/C15H22N6O2S/c1-16-15-11-17-13(8-18-15)7-12-3-2-5-21(6-4-12)24(22,23)14-9-19-20-10-14/h8-12H,2-7H2,1H3,(H,16,18)(H,19,20)/t12-/m1/s1. The minimum Gasteiger partial charge on any atom is -0.372 e. The van der Waals surface area contributed by atoms with Gasteiger partial charge in [0.15, 0.2) is 0 Å². The molecule has 3 rings (SSSR count). The highest BCUT2D eigenvalue weighted by molar-refractivity contribution is 7.89. The fraction of sp³-hybridized carbons (Fsp3) is 0.533. The van der Waals surface area contributed by atoms with E-state index < -0.39 is 10.0 Å². The van der Waals surface area contributed by atoms with Crippen LogP contribution in [0.5, 0.6) is 0 Å². The van der Waals surface area contributed by atoms with E-state index in [0.717, 1.165) is 37.2 Å². The number of rotatable bonds is 5. The maximum absolute atomic E-state index is 12.6. The van der Waals surface area contributed by atoms with Crippen LogP contribution in [0.25, 0.3) is 0 Å². The molecule has 1 atom stereocenters. The minimum atomic E-state index is -3.44. The van der Waals surface area contributed by atoms with E-state index in [9.17, 15) is 8.42 Å². The summed E-state index contributed by atoms with van der Waals surface area (Å²) in [4.78, 5) is 8.93. The highest BCUT2D eigenvalue weighted by Gasteiger charge is 2.28. The molecule has 0 aromatic carbocycles. The van der Waals surface area contributed by atoms with Gasteiger partial charge in [0, 0.05) is 26.3 Å². The van der Waals surface area contributed by atoms with Crippen molar-refractivity contribution < 1.29 is 8.42 Å². The fourth-order valence-electron chi connectivity index (χ4n) is 3.00. The first-order chi connectivity index (χ1) is 11.6. The van der Waals surface area contributed by atoms with Crippen LogP contribution in [0.3, 0.4) is 0 Å². The average Bonchev–Trinajstić information content (AvgIpc) is 3.04. The third kappa shape index (κ3) is 3.73. The van der Waals surface area contributed by atoms with Crippen molar-refractivity contribution in [1.29, 1.82) is 0 Å². The van der Waals surface area contributed by atoms with E-state index in [4.69, 9.17) is 0 Å². The van der Waals surface area contributed by atoms with Gasteiger partial charge in [0.2, 0.25) is 10.0 Å². The predicted molar refractivity (Wildman–Crippen MR) is 90.0 cm³/mol. The van der Waals surface area contributed by atoms with Gasteiger partial charge in [-0.15, -0.1) is 0 Å². The zero-order chi connectivity index (χ0) is 17.0. The second-order valence-electron chi connectivity index (χ2n) is 5.98. The molecule has 1 saturated heterocycles. The lowest BCUT2D eigenvalue weighted by Gasteiger charge is -2.19. The zero-order valence-corrected chi connectivity index (χ0v) is 14.5. The Labute approximate surface area is 141 Å². The monoisotopic (exact) mass is 350 g/mol. The zero-order valence-electron chi connectivity index (χ0n) is 13.6. The molecule has 9 heteroatoms. The molecule has 130 valence electrons. The Bertz CT molecular complexity index is 745. The summed E-state index contributed by atoms with van der Waals surface area (Å²) < 4.78 is 26.7. The molecule has 0 radical (unpaired) electrons. The molecular weight excluding hydrogens is 328 g/mol. The molecule has 0 unspecified atom stereocenters. The lowest BCUT2D eigenvalue weighted by molar-refractivity contribution is 0.409. The molecule has 0 aliphatic carbocycles. The second-order valence-corrected chi connectivity index (χ2v) is 7.92. The van der Waals surface area contributed by atoms with Gasteiger partial charge in [-0.05, 0) is 31.6 Å². The molecule has 8 nitrogen and oxygen atoms in total. The number of aromatic amines is 1. The van der Waals surface area contributed by atoms with Gasteiger partial charge in [0.1, 0.15) is 10.7 Å². The molecule has 24 heavy (non-hydrogen) atoms. The van der Waals surface area contributed by atoms with Gasteiger partial charge in [-0.25, -0.2) is 13.4 Å². The Morgan fingerprint density at radius 2 is 2.12 bits per heavy atom. The van der Waals surface area contributed by atoms with Gasteiger partial charge in [0.05, 0.1) is 24.3 Å². The highest BCUT2D eigenvalue weighted by Crippen LogP contribution is 2.24. The van der Waals surface area contributed by atoms with Gasteiger partial charge in [-0.2, -0.15) is 9.40 Å². The number of nitrogens with one attached hydrogen (secondary N) is 2. The van der Waals surface area contributed by atoms with Crippen molar-refractivity contribution in [2.45, 2.75) is 30.6 Å². The molecule has 0 spiro atoms. The third-order valence-corrected chi connectivity index (χ3v) is 6.24. The first-order valence-corrected chi connectivity index (χ1v) is 9.51. The Morgan fingerprint density at radius 3 is 2.79 bits per heavy atom. The van der Waals surface area contributed by atoms with E-state index >= 15 is 0 Å². The van der Waals surface area contributed by atoms with Gasteiger partial charge < -0.3 is 5.32 Å². The Balaban J connectivity index is 1.62. The number of hydrogen-bond acceptors (Lipinski definition) is 6. The van der Waals surface area contributed by atoms with Crippen LogP contribution in [0.4, 0.5) is 5.82 Å². The molecule has 2 aromatic rings. The van der Waals surface area contributed by atoms with Crippen LogP contribution in [0.1, 0.15) is 25.0 Å². The first-order valence-electron chi connectivity index (χ1n) is 8.07. The van der Waals surface area contributed by atoms with Crippen molar-refractivity contribution in [3.8, 4) is 0 Å². The third-order valence-electron chi connectivity index (χ3n) is 4.38. The number of nitrogens with zero attached hydrogens (tertiary/aromatic N) is 4. The van der Waals surface area contributed by atoms with E-state index in [1.165, 1.54) is 12.4 Å². The largest absolute Gasteiger partial charge is 0.372 e. The van der Waals surface area contributed by atoms with Gasteiger partial charge in [0.25, 0.3) is 0 Å². The molecule has 1 fully saturated rings. The molecule has 1 aliphatic heterocycles. The van der Waals surface area contributed by atoms with E-state index in [1.54, 1.807) is 16.7 Å². The maximum atomic E-state index is 12.6. The van der Waals surface area contributed by atoms with E-state index in [2.05, 4.69) is 25.5 Å². The minimum absolute atomic E-state index is 0.231. The number of hydrogen-bond donors (Lipinski definition) is 2. The Hall–Kier alpha value is -2.00. The smallest absolute Gasteiger partial charge is 0.246 e. The second kappa shape index (κ2) is 7.27. The fourth-order valence-corrected chi connectivity index (χ4v) is 4.40. The van der Waals surface area contributed by atoms with Crippen molar-refractivity contribution in [2.75, 3.05) is 25.5 Å². The van der Waals surface area contributed by atoms with E-state index in [0.29, 0.717) is 19.0 Å². The molecule has 1 aliphatic rings. The van der Waals surface area contributed by atoms with E-state index in [-0.39, 0.29) is 4.90 Å². The average molecular weight is 350 g/mol. The molecule has 0 amide bonds. The molecule has 2 N–H and O–H groups in total. The quantitative estimate of drug-likeness (QED) is 0.842. The lowest BCUT2D eigenvalue weighted by atomic mass is 9.95. The summed E-state index contributed by atoms with van der Waals surface area (Å²) in [7, 11) is -1.63. The van der Waals surface area contributed by atoms with Crippen molar-refractivity contribution in [3.63, 3.8) is 0 Å². The number of aromatic nitrogens is 4. The first kappa shape index (κ1) is 16.8. The van der Waals surface area contributed by atoms with Crippen LogP contribution in [0, 0.1) is 5.92 Å². The van der Waals surface area contributed by atoms with Crippen molar-refractivity contribution >= 4 is 15.8 Å². The summed E-state index contributed by atoms with van der Waals surface area (Å²) in [5, 5.41) is 9.25. The van der Waals surface area contributed by atoms with Gasteiger partial charge in [-0.3, -0.25) is 10.1 Å².